The molecule has 0 aliphatic carbocycles. The molecule has 0 spiro atoms. The van der Waals surface area contributed by atoms with Crippen molar-refractivity contribution in [3.63, 3.8) is 0 Å². The fourth-order valence-electron chi connectivity index (χ4n) is 4.19. The molecule has 1 heterocycles. The highest BCUT2D eigenvalue weighted by Gasteiger charge is 2.39. The summed E-state index contributed by atoms with van der Waals surface area (Å²) in [6.45, 7) is 5.83. The Morgan fingerprint density at radius 3 is 1.70 bits per heavy atom. The molecule has 0 atom stereocenters. The number of amides is 1. The van der Waals surface area contributed by atoms with Gasteiger partial charge in [-0.15, -0.1) is 0 Å². The van der Waals surface area contributed by atoms with Crippen molar-refractivity contribution >= 4 is 6.09 Å². The molecule has 0 unspecified atom stereocenters. The summed E-state index contributed by atoms with van der Waals surface area (Å²) in [6, 6.07) is 31.1. The fourth-order valence-corrected chi connectivity index (χ4v) is 4.19. The van der Waals surface area contributed by atoms with Gasteiger partial charge in [0.05, 0.1) is 18.6 Å². The maximum Gasteiger partial charge on any atom is 0.407 e. The summed E-state index contributed by atoms with van der Waals surface area (Å²) >= 11 is 0. The van der Waals surface area contributed by atoms with Crippen molar-refractivity contribution in [2.45, 2.75) is 38.5 Å². The number of hydrogen-bond acceptors (Lipinski definition) is 3. The number of imidazole rings is 1. The predicted octanol–water partition coefficient (Wildman–Crippen LogP) is 5.75. The first kappa shape index (κ1) is 22.3. The number of nitrogens with one attached hydrogen (secondary N) is 1. The largest absolute Gasteiger partial charge is 0.444 e. The lowest BCUT2D eigenvalue weighted by atomic mass is 9.76. The molecule has 5 heteroatoms. The first-order chi connectivity index (χ1) is 15.9. The second-order valence-corrected chi connectivity index (χ2v) is 8.92. The molecule has 0 aliphatic heterocycles. The van der Waals surface area contributed by atoms with Crippen LogP contribution in [0.5, 0.6) is 0 Å². The molecule has 1 N–H and O–H groups in total. The smallest absolute Gasteiger partial charge is 0.407 e. The minimum Gasteiger partial charge on any atom is -0.444 e. The predicted molar refractivity (Wildman–Crippen MR) is 130 cm³/mol. The van der Waals surface area contributed by atoms with Crippen molar-refractivity contribution in [1.82, 2.24) is 14.9 Å². The number of ether oxygens (including phenoxy) is 1. The average molecular weight is 440 g/mol. The van der Waals surface area contributed by atoms with E-state index in [4.69, 9.17) is 4.74 Å². The Bertz CT molecular complexity index is 1080. The van der Waals surface area contributed by atoms with E-state index in [0.717, 1.165) is 22.4 Å². The molecule has 4 rings (SSSR count). The maximum absolute atomic E-state index is 12.4. The van der Waals surface area contributed by atoms with Gasteiger partial charge in [-0.05, 0) is 37.5 Å². The number of aromatic nitrogens is 2. The van der Waals surface area contributed by atoms with E-state index in [2.05, 4.69) is 51.3 Å². The van der Waals surface area contributed by atoms with Gasteiger partial charge in [-0.1, -0.05) is 91.0 Å². The van der Waals surface area contributed by atoms with Gasteiger partial charge in [0, 0.05) is 6.20 Å². The van der Waals surface area contributed by atoms with Crippen LogP contribution in [0.2, 0.25) is 0 Å². The minimum atomic E-state index is -0.675. The maximum atomic E-state index is 12.4. The van der Waals surface area contributed by atoms with Crippen molar-refractivity contribution in [1.29, 1.82) is 0 Å². The number of carbonyl (C=O) groups excluding carboxylic acids is 1. The summed E-state index contributed by atoms with van der Waals surface area (Å²) in [5, 5.41) is 2.89. The van der Waals surface area contributed by atoms with Crippen LogP contribution in [-0.2, 0) is 16.8 Å². The standard InChI is InChI=1S/C28H29N3O2/c1-27(2,3)33-26(32)30-20-25-19-29-21-31(25)28(22-13-7-4-8-14-22,23-15-9-5-10-16-23)24-17-11-6-12-18-24/h4-19,21H,20H2,1-3H3,(H,30,32). The molecule has 5 nitrogen and oxygen atoms in total. The minimum absolute atomic E-state index is 0.281. The van der Waals surface area contributed by atoms with Crippen LogP contribution in [0.15, 0.2) is 104 Å². The van der Waals surface area contributed by atoms with Crippen LogP contribution in [0.4, 0.5) is 4.79 Å². The quantitative estimate of drug-likeness (QED) is 0.389. The van der Waals surface area contributed by atoms with Crippen molar-refractivity contribution in [3.8, 4) is 0 Å². The third-order valence-electron chi connectivity index (χ3n) is 5.46. The van der Waals surface area contributed by atoms with Gasteiger partial charge < -0.3 is 14.6 Å². The van der Waals surface area contributed by atoms with Gasteiger partial charge in [0.15, 0.2) is 0 Å². The van der Waals surface area contributed by atoms with Crippen LogP contribution in [-0.4, -0.2) is 21.2 Å². The second kappa shape index (κ2) is 9.33. The number of rotatable bonds is 6. The van der Waals surface area contributed by atoms with E-state index in [1.165, 1.54) is 0 Å². The number of benzene rings is 3. The Kier molecular flexibility index (Phi) is 6.31. The molecule has 0 radical (unpaired) electrons. The number of alkyl carbamates (subject to hydrolysis) is 1. The molecule has 0 saturated heterocycles. The molecule has 0 bridgehead atoms. The molecule has 1 aromatic heterocycles. The summed E-state index contributed by atoms with van der Waals surface area (Å²) < 4.78 is 7.58. The van der Waals surface area contributed by atoms with Gasteiger partial charge in [-0.3, -0.25) is 0 Å². The van der Waals surface area contributed by atoms with E-state index in [-0.39, 0.29) is 6.54 Å². The van der Waals surface area contributed by atoms with E-state index in [0.29, 0.717) is 0 Å². The Balaban J connectivity index is 1.88. The van der Waals surface area contributed by atoms with Gasteiger partial charge in [-0.25, -0.2) is 9.78 Å². The van der Waals surface area contributed by atoms with Crippen molar-refractivity contribution in [2.24, 2.45) is 0 Å². The van der Waals surface area contributed by atoms with Crippen LogP contribution < -0.4 is 5.32 Å². The summed E-state index contributed by atoms with van der Waals surface area (Å²) in [7, 11) is 0. The SMILES string of the molecule is CC(C)(C)OC(=O)NCc1cncn1C(c1ccccc1)(c1ccccc1)c1ccccc1. The summed E-state index contributed by atoms with van der Waals surface area (Å²) in [6.07, 6.45) is 3.17. The fraction of sp³-hybridized carbons (Fsp3) is 0.214. The van der Waals surface area contributed by atoms with E-state index < -0.39 is 17.2 Å². The Morgan fingerprint density at radius 1 is 0.818 bits per heavy atom. The third-order valence-corrected chi connectivity index (χ3v) is 5.46. The molecule has 3 aromatic carbocycles. The number of carbonyl (C=O) groups is 1. The highest BCUT2D eigenvalue weighted by Crippen LogP contribution is 2.41. The highest BCUT2D eigenvalue weighted by molar-refractivity contribution is 5.67. The van der Waals surface area contributed by atoms with Crippen LogP contribution in [0.3, 0.4) is 0 Å². The first-order valence-corrected chi connectivity index (χ1v) is 11.1. The number of hydrogen-bond donors (Lipinski definition) is 1. The number of nitrogens with zero attached hydrogens (tertiary/aromatic N) is 2. The van der Waals surface area contributed by atoms with Gasteiger partial charge >= 0.3 is 6.09 Å². The van der Waals surface area contributed by atoms with Crippen molar-refractivity contribution < 1.29 is 9.53 Å². The lowest BCUT2D eigenvalue weighted by Crippen LogP contribution is -2.40. The normalized spacial score (nSPS) is 11.7. The molecular formula is C28H29N3O2. The summed E-state index contributed by atoms with van der Waals surface area (Å²) in [5.74, 6) is 0. The average Bonchev–Trinajstić information content (AvgIpc) is 3.28. The molecule has 4 aromatic rings. The van der Waals surface area contributed by atoms with Gasteiger partial charge in [-0.2, -0.15) is 0 Å². The van der Waals surface area contributed by atoms with Crippen LogP contribution in [0.25, 0.3) is 0 Å². The molecule has 1 amide bonds. The van der Waals surface area contributed by atoms with Gasteiger partial charge in [0.2, 0.25) is 0 Å². The van der Waals surface area contributed by atoms with Crippen molar-refractivity contribution in [3.05, 3.63) is 126 Å². The highest BCUT2D eigenvalue weighted by atomic mass is 16.6. The Morgan fingerprint density at radius 2 is 1.27 bits per heavy atom. The second-order valence-electron chi connectivity index (χ2n) is 8.92. The zero-order chi connectivity index (χ0) is 23.3. The van der Waals surface area contributed by atoms with E-state index in [9.17, 15) is 4.79 Å². The Labute approximate surface area is 195 Å². The van der Waals surface area contributed by atoms with E-state index in [1.807, 2.05) is 81.7 Å². The zero-order valence-electron chi connectivity index (χ0n) is 19.2. The van der Waals surface area contributed by atoms with Crippen LogP contribution in [0, 0.1) is 0 Å². The monoisotopic (exact) mass is 439 g/mol. The van der Waals surface area contributed by atoms with E-state index in [1.54, 1.807) is 6.20 Å². The van der Waals surface area contributed by atoms with Gasteiger partial charge in [0.1, 0.15) is 11.1 Å². The molecule has 0 saturated carbocycles. The summed E-state index contributed by atoms with van der Waals surface area (Å²) in [5.41, 5.74) is 2.91. The molecular weight excluding hydrogens is 410 g/mol. The molecule has 168 valence electrons. The third kappa shape index (κ3) is 4.67. The molecule has 0 fully saturated rings. The van der Waals surface area contributed by atoms with Gasteiger partial charge in [0.25, 0.3) is 0 Å². The van der Waals surface area contributed by atoms with E-state index >= 15 is 0 Å². The van der Waals surface area contributed by atoms with Crippen molar-refractivity contribution in [2.75, 3.05) is 0 Å². The van der Waals surface area contributed by atoms with Crippen LogP contribution in [0.1, 0.15) is 43.2 Å². The molecule has 0 aliphatic rings. The Hall–Kier alpha value is -3.86. The summed E-state index contributed by atoms with van der Waals surface area (Å²) in [4.78, 5) is 16.8. The zero-order valence-corrected chi connectivity index (χ0v) is 19.2. The first-order valence-electron chi connectivity index (χ1n) is 11.1. The lowest BCUT2D eigenvalue weighted by Gasteiger charge is -2.38. The van der Waals surface area contributed by atoms with Crippen LogP contribution >= 0.6 is 0 Å². The molecule has 33 heavy (non-hydrogen) atoms. The topological polar surface area (TPSA) is 56.1 Å². The lowest BCUT2D eigenvalue weighted by molar-refractivity contribution is 0.0522.